The third-order valence-electron chi connectivity index (χ3n) is 5.56. The van der Waals surface area contributed by atoms with Crippen molar-refractivity contribution in [3.63, 3.8) is 0 Å². The van der Waals surface area contributed by atoms with Crippen LogP contribution in [0.4, 0.5) is 5.69 Å². The number of hydrogen-bond donors (Lipinski definition) is 0. The van der Waals surface area contributed by atoms with Crippen LogP contribution in [0.5, 0.6) is 5.75 Å². The highest BCUT2D eigenvalue weighted by atomic mass is 32.1. The lowest BCUT2D eigenvalue weighted by Gasteiger charge is -2.12. The van der Waals surface area contributed by atoms with Crippen LogP contribution in [0.15, 0.2) is 71.5 Å². The first-order valence-corrected chi connectivity index (χ1v) is 12.4. The number of carbonyl (C=O) groups excluding carboxylic acids is 2. The average molecular weight is 506 g/mol. The molecule has 1 aromatic heterocycles. The summed E-state index contributed by atoms with van der Waals surface area (Å²) < 4.78 is 17.8. The number of fused-ring (bicyclic) bond motifs is 2. The van der Waals surface area contributed by atoms with Crippen LogP contribution in [0.1, 0.15) is 23.2 Å². The third-order valence-corrected chi connectivity index (χ3v) is 6.71. The lowest BCUT2D eigenvalue weighted by Crippen LogP contribution is -2.16. The van der Waals surface area contributed by atoms with Gasteiger partial charge in [0.05, 0.1) is 18.8 Å². The lowest BCUT2D eigenvalue weighted by molar-refractivity contribution is -0.146. The number of rotatable bonds is 10. The Morgan fingerprint density at radius 3 is 2.28 bits per heavy atom. The predicted molar refractivity (Wildman–Crippen MR) is 142 cm³/mol. The quantitative estimate of drug-likeness (QED) is 0.170. The second-order valence-electron chi connectivity index (χ2n) is 8.38. The first-order valence-electron chi connectivity index (χ1n) is 11.6. The fourth-order valence-electron chi connectivity index (χ4n) is 3.59. The number of ether oxygens (including phenoxy) is 3. The molecule has 4 rings (SSSR count). The van der Waals surface area contributed by atoms with E-state index in [0.29, 0.717) is 34.9 Å². The maximum atomic E-state index is 12.8. The highest BCUT2D eigenvalue weighted by Crippen LogP contribution is 2.27. The molecule has 0 atom stereocenters. The first kappa shape index (κ1) is 25.2. The van der Waals surface area contributed by atoms with E-state index in [2.05, 4.69) is 0 Å². The van der Waals surface area contributed by atoms with Crippen molar-refractivity contribution in [2.75, 3.05) is 38.8 Å². The van der Waals surface area contributed by atoms with Crippen LogP contribution < -0.4 is 15.1 Å². The summed E-state index contributed by atoms with van der Waals surface area (Å²) >= 11 is 1.54. The van der Waals surface area contributed by atoms with E-state index in [0.717, 1.165) is 15.1 Å². The second kappa shape index (κ2) is 11.7. The minimum atomic E-state index is -0.503. The molecule has 0 aliphatic rings. The average Bonchev–Trinajstić information content (AvgIpc) is 2.89. The number of anilines is 1. The Hall–Kier alpha value is -3.91. The number of carbonyl (C=O) groups is 2. The van der Waals surface area contributed by atoms with E-state index in [4.69, 9.17) is 14.2 Å². The number of nitrogens with zero attached hydrogens (tertiary/aromatic N) is 1. The topological polar surface area (TPSA) is 82.1 Å². The van der Waals surface area contributed by atoms with Crippen LogP contribution >= 0.6 is 11.3 Å². The summed E-state index contributed by atoms with van der Waals surface area (Å²) in [7, 11) is 3.86. The molecule has 0 aliphatic carbocycles. The van der Waals surface area contributed by atoms with Crippen LogP contribution in [-0.2, 0) is 14.3 Å². The Balaban J connectivity index is 1.17. The third kappa shape index (κ3) is 6.20. The van der Waals surface area contributed by atoms with Gasteiger partial charge in [-0.25, -0.2) is 9.59 Å². The molecule has 4 aromatic rings. The summed E-state index contributed by atoms with van der Waals surface area (Å²) in [5.41, 5.74) is 1.44. The molecule has 0 spiro atoms. The molecule has 0 amide bonds. The molecule has 3 aromatic carbocycles. The maximum Gasteiger partial charge on any atom is 0.344 e. The maximum absolute atomic E-state index is 12.8. The molecule has 0 N–H and O–H groups in total. The van der Waals surface area contributed by atoms with Crippen molar-refractivity contribution in [3.8, 4) is 5.75 Å². The van der Waals surface area contributed by atoms with Gasteiger partial charge in [0.25, 0.3) is 0 Å². The molecule has 0 radical (unpaired) electrons. The minimum Gasteiger partial charge on any atom is -0.482 e. The van der Waals surface area contributed by atoms with Gasteiger partial charge in [-0.15, -0.1) is 11.3 Å². The Bertz CT molecular complexity index is 1430. The van der Waals surface area contributed by atoms with Crippen LogP contribution in [0.2, 0.25) is 0 Å². The van der Waals surface area contributed by atoms with Gasteiger partial charge in [0.15, 0.2) is 12.0 Å². The van der Waals surface area contributed by atoms with Gasteiger partial charge in [0.2, 0.25) is 0 Å². The molecule has 0 fully saturated rings. The summed E-state index contributed by atoms with van der Waals surface area (Å²) in [4.78, 5) is 38.9. The van der Waals surface area contributed by atoms with Crippen molar-refractivity contribution in [1.82, 2.24) is 0 Å². The van der Waals surface area contributed by atoms with Crippen molar-refractivity contribution in [2.45, 2.75) is 12.8 Å². The zero-order valence-corrected chi connectivity index (χ0v) is 21.0. The van der Waals surface area contributed by atoms with Gasteiger partial charge in [-0.2, -0.15) is 0 Å². The summed E-state index contributed by atoms with van der Waals surface area (Å²) in [5, 5.41) is 1.23. The van der Waals surface area contributed by atoms with E-state index in [1.807, 2.05) is 61.5 Å². The fraction of sp³-hybridized carbons (Fsp3) is 0.250. The lowest BCUT2D eigenvalue weighted by atomic mass is 10.2. The van der Waals surface area contributed by atoms with Crippen molar-refractivity contribution >= 4 is 49.1 Å². The van der Waals surface area contributed by atoms with E-state index < -0.39 is 5.97 Å². The van der Waals surface area contributed by atoms with Gasteiger partial charge in [-0.05, 0) is 67.4 Å². The van der Waals surface area contributed by atoms with E-state index in [9.17, 15) is 14.4 Å². The smallest absolute Gasteiger partial charge is 0.344 e. The van der Waals surface area contributed by atoms with Gasteiger partial charge in [-0.3, -0.25) is 4.79 Å². The molecule has 36 heavy (non-hydrogen) atoms. The molecule has 0 saturated heterocycles. The van der Waals surface area contributed by atoms with Gasteiger partial charge in [-0.1, -0.05) is 12.1 Å². The molecule has 0 unspecified atom stereocenters. The largest absolute Gasteiger partial charge is 0.482 e. The zero-order valence-electron chi connectivity index (χ0n) is 20.2. The Morgan fingerprint density at radius 2 is 1.53 bits per heavy atom. The second-order valence-corrected chi connectivity index (χ2v) is 9.46. The standard InChI is InChI=1S/C28H27NO6S/c1-29(2)20-11-9-19(10-12-20)28(32)34-16-6-5-15-33-26(30)18-35-21-13-14-25-23(17-21)27(31)22-7-3-4-8-24(22)36-25/h3-4,7-14,17H,5-6,15-16,18H2,1-2H3. The molecule has 0 aliphatic heterocycles. The molecular weight excluding hydrogens is 478 g/mol. The van der Waals surface area contributed by atoms with Crippen LogP contribution in [0, 0.1) is 0 Å². The van der Waals surface area contributed by atoms with Crippen molar-refractivity contribution in [3.05, 3.63) is 82.5 Å². The summed E-state index contributed by atoms with van der Waals surface area (Å²) in [6, 6.07) is 19.9. The van der Waals surface area contributed by atoms with E-state index in [1.165, 1.54) is 11.3 Å². The number of hydrogen-bond acceptors (Lipinski definition) is 8. The minimum absolute atomic E-state index is 0.0568. The van der Waals surface area contributed by atoms with E-state index in [1.54, 1.807) is 24.3 Å². The summed E-state index contributed by atoms with van der Waals surface area (Å²) in [6.07, 6.45) is 1.13. The fourth-order valence-corrected chi connectivity index (χ4v) is 4.64. The number of esters is 2. The monoisotopic (exact) mass is 505 g/mol. The molecular formula is C28H27NO6S. The molecule has 7 nitrogen and oxygen atoms in total. The molecule has 8 heteroatoms. The number of unbranched alkanes of at least 4 members (excludes halogenated alkanes) is 1. The Labute approximate surface area is 212 Å². The SMILES string of the molecule is CN(C)c1ccc(C(=O)OCCCCOC(=O)COc2ccc3sc4ccccc4c(=O)c3c2)cc1. The Kier molecular flexibility index (Phi) is 8.17. The predicted octanol–water partition coefficient (Wildman–Crippen LogP) is 5.04. The van der Waals surface area contributed by atoms with Gasteiger partial charge in [0, 0.05) is 40.0 Å². The summed E-state index contributed by atoms with van der Waals surface area (Å²) in [6.45, 7) is 0.189. The summed E-state index contributed by atoms with van der Waals surface area (Å²) in [5.74, 6) is -0.447. The van der Waals surface area contributed by atoms with Gasteiger partial charge < -0.3 is 19.1 Å². The first-order chi connectivity index (χ1) is 17.4. The van der Waals surface area contributed by atoms with Crippen LogP contribution in [0.25, 0.3) is 20.2 Å². The molecule has 1 heterocycles. The van der Waals surface area contributed by atoms with Crippen LogP contribution in [0.3, 0.4) is 0 Å². The molecule has 0 bridgehead atoms. The Morgan fingerprint density at radius 1 is 0.833 bits per heavy atom. The van der Waals surface area contributed by atoms with Crippen molar-refractivity contribution in [2.24, 2.45) is 0 Å². The van der Waals surface area contributed by atoms with Gasteiger partial charge >= 0.3 is 11.9 Å². The van der Waals surface area contributed by atoms with Crippen molar-refractivity contribution < 1.29 is 23.8 Å². The van der Waals surface area contributed by atoms with Gasteiger partial charge in [0.1, 0.15) is 5.75 Å². The van der Waals surface area contributed by atoms with Crippen LogP contribution in [-0.4, -0.2) is 45.9 Å². The van der Waals surface area contributed by atoms with E-state index >= 15 is 0 Å². The zero-order chi connectivity index (χ0) is 25.5. The highest BCUT2D eigenvalue weighted by Gasteiger charge is 2.10. The molecule has 186 valence electrons. The highest BCUT2D eigenvalue weighted by molar-refractivity contribution is 7.24. The number of benzene rings is 3. The molecule has 0 saturated carbocycles. The van der Waals surface area contributed by atoms with Crippen molar-refractivity contribution in [1.29, 1.82) is 0 Å². The van der Waals surface area contributed by atoms with E-state index in [-0.39, 0.29) is 31.2 Å². The normalized spacial score (nSPS) is 10.8.